The van der Waals surface area contributed by atoms with Gasteiger partial charge in [0.15, 0.2) is 12.3 Å². The summed E-state index contributed by atoms with van der Waals surface area (Å²) in [6.45, 7) is -0.494. The van der Waals surface area contributed by atoms with Crippen LogP contribution in [-0.2, 0) is 9.53 Å². The molecule has 0 aliphatic heterocycles. The highest BCUT2D eigenvalue weighted by Crippen LogP contribution is 2.31. The highest BCUT2D eigenvalue weighted by atomic mass is 35.5. The molecule has 25 heavy (non-hydrogen) atoms. The predicted octanol–water partition coefficient (Wildman–Crippen LogP) is 3.90. The van der Waals surface area contributed by atoms with Crippen LogP contribution in [0.1, 0.15) is 10.5 Å². The van der Waals surface area contributed by atoms with E-state index in [-0.39, 0.29) is 20.8 Å². The van der Waals surface area contributed by atoms with Crippen LogP contribution in [0.5, 0.6) is 0 Å². The van der Waals surface area contributed by atoms with E-state index in [1.807, 2.05) is 31.1 Å². The largest absolute Gasteiger partial charge is 0.451 e. The Kier molecular flexibility index (Phi) is 6.47. The lowest BCUT2D eigenvalue weighted by molar-refractivity contribution is -0.119. The van der Waals surface area contributed by atoms with Crippen molar-refractivity contribution in [1.29, 1.82) is 0 Å². The number of halogens is 3. The van der Waals surface area contributed by atoms with Crippen LogP contribution >= 0.6 is 34.8 Å². The minimum absolute atomic E-state index is 0.00397. The number of rotatable bonds is 5. The maximum Gasteiger partial charge on any atom is 0.359 e. The average Bonchev–Trinajstić information content (AvgIpc) is 2.58. The minimum Gasteiger partial charge on any atom is -0.451 e. The number of carbonyl (C=O) groups is 2. The van der Waals surface area contributed by atoms with Gasteiger partial charge in [-0.3, -0.25) is 4.79 Å². The number of nitrogens with zero attached hydrogens (tertiary/aromatic N) is 2. The lowest BCUT2D eigenvalue weighted by Crippen LogP contribution is -2.21. The maximum absolute atomic E-state index is 11.9. The molecule has 0 saturated carbocycles. The molecule has 0 unspecified atom stereocenters. The monoisotopic (exact) mass is 401 g/mol. The van der Waals surface area contributed by atoms with Crippen LogP contribution in [0.3, 0.4) is 0 Å². The van der Waals surface area contributed by atoms with Crippen molar-refractivity contribution >= 4 is 58.1 Å². The first-order valence-corrected chi connectivity index (χ1v) is 8.17. The number of benzene rings is 1. The second-order valence-electron chi connectivity index (χ2n) is 5.15. The first-order chi connectivity index (χ1) is 11.8. The van der Waals surface area contributed by atoms with Gasteiger partial charge in [0.2, 0.25) is 0 Å². The van der Waals surface area contributed by atoms with Gasteiger partial charge >= 0.3 is 5.97 Å². The van der Waals surface area contributed by atoms with Gasteiger partial charge in [-0.05, 0) is 24.3 Å². The van der Waals surface area contributed by atoms with Crippen molar-refractivity contribution in [3.63, 3.8) is 0 Å². The Morgan fingerprint density at radius 2 is 1.76 bits per heavy atom. The van der Waals surface area contributed by atoms with Gasteiger partial charge in [0.25, 0.3) is 5.91 Å². The number of pyridine rings is 1. The second kappa shape index (κ2) is 8.38. The molecule has 2 rings (SSSR count). The second-order valence-corrected chi connectivity index (χ2v) is 6.31. The molecule has 9 heteroatoms. The van der Waals surface area contributed by atoms with Crippen LogP contribution in [0.4, 0.5) is 11.4 Å². The molecule has 0 saturated heterocycles. The third-order valence-corrected chi connectivity index (χ3v) is 4.35. The van der Waals surface area contributed by atoms with Gasteiger partial charge in [0.05, 0.1) is 15.1 Å². The summed E-state index contributed by atoms with van der Waals surface area (Å²) in [5.41, 5.74) is 1.36. The summed E-state index contributed by atoms with van der Waals surface area (Å²) >= 11 is 17.5. The number of anilines is 2. The van der Waals surface area contributed by atoms with Gasteiger partial charge in [0, 0.05) is 31.7 Å². The van der Waals surface area contributed by atoms with E-state index in [9.17, 15) is 9.59 Å². The fraction of sp³-hybridized carbons (Fsp3) is 0.188. The Bertz CT molecular complexity index is 795. The zero-order chi connectivity index (χ0) is 18.6. The highest BCUT2D eigenvalue weighted by Gasteiger charge is 2.19. The van der Waals surface area contributed by atoms with E-state index < -0.39 is 18.5 Å². The highest BCUT2D eigenvalue weighted by molar-refractivity contribution is 6.48. The average molecular weight is 403 g/mol. The third-order valence-electron chi connectivity index (χ3n) is 3.11. The van der Waals surface area contributed by atoms with Crippen LogP contribution in [0, 0.1) is 0 Å². The van der Waals surface area contributed by atoms with Crippen LogP contribution < -0.4 is 10.2 Å². The summed E-state index contributed by atoms with van der Waals surface area (Å²) in [4.78, 5) is 29.5. The number of nitrogens with one attached hydrogen (secondary N) is 1. The molecule has 0 atom stereocenters. The number of amides is 1. The van der Waals surface area contributed by atoms with Crippen molar-refractivity contribution in [3.05, 3.63) is 51.2 Å². The fourth-order valence-corrected chi connectivity index (χ4v) is 2.38. The minimum atomic E-state index is -0.873. The van der Waals surface area contributed by atoms with Gasteiger partial charge in [-0.15, -0.1) is 0 Å². The van der Waals surface area contributed by atoms with E-state index in [1.54, 1.807) is 12.1 Å². The Labute approximate surface area is 159 Å². The van der Waals surface area contributed by atoms with Gasteiger partial charge < -0.3 is 15.0 Å². The van der Waals surface area contributed by atoms with E-state index in [1.165, 1.54) is 6.20 Å². The third kappa shape index (κ3) is 4.98. The van der Waals surface area contributed by atoms with E-state index in [0.29, 0.717) is 5.69 Å². The first-order valence-electron chi connectivity index (χ1n) is 7.03. The van der Waals surface area contributed by atoms with Gasteiger partial charge in [-0.1, -0.05) is 34.8 Å². The Morgan fingerprint density at radius 3 is 2.36 bits per heavy atom. The van der Waals surface area contributed by atoms with Gasteiger partial charge in [-0.25, -0.2) is 9.78 Å². The van der Waals surface area contributed by atoms with Crippen molar-refractivity contribution < 1.29 is 14.3 Å². The molecule has 1 aromatic heterocycles. The molecule has 6 nitrogen and oxygen atoms in total. The summed E-state index contributed by atoms with van der Waals surface area (Å²) in [7, 11) is 3.82. The molecule has 1 amide bonds. The summed E-state index contributed by atoms with van der Waals surface area (Å²) in [5.74, 6) is -1.37. The Morgan fingerprint density at radius 1 is 1.12 bits per heavy atom. The Balaban J connectivity index is 1.93. The zero-order valence-corrected chi connectivity index (χ0v) is 15.6. The molecule has 132 valence electrons. The van der Waals surface area contributed by atoms with E-state index in [0.717, 1.165) is 5.69 Å². The van der Waals surface area contributed by atoms with Crippen molar-refractivity contribution in [2.75, 3.05) is 30.9 Å². The molecular weight excluding hydrogens is 389 g/mol. The SMILES string of the molecule is CN(C)c1ccc(NC(=O)COC(=O)c2ncc(Cl)c(Cl)c2Cl)cc1. The molecule has 1 heterocycles. The summed E-state index contributed by atoms with van der Waals surface area (Å²) in [5, 5.41) is 2.60. The van der Waals surface area contributed by atoms with Crippen molar-refractivity contribution in [2.45, 2.75) is 0 Å². The molecule has 0 aliphatic rings. The number of hydrogen-bond donors (Lipinski definition) is 1. The van der Waals surface area contributed by atoms with Crippen LogP contribution in [0.2, 0.25) is 15.1 Å². The number of esters is 1. The molecule has 1 aromatic carbocycles. The molecular formula is C16H14Cl3N3O3. The standard InChI is InChI=1S/C16H14Cl3N3O3/c1-22(2)10-5-3-9(4-6-10)21-12(23)8-25-16(24)15-14(19)13(18)11(17)7-20-15/h3-7H,8H2,1-2H3,(H,21,23). The molecule has 2 aromatic rings. The fourth-order valence-electron chi connectivity index (χ4n) is 1.83. The van der Waals surface area contributed by atoms with Gasteiger partial charge in [0.1, 0.15) is 0 Å². The quantitative estimate of drug-likeness (QED) is 0.768. The molecule has 0 aliphatic carbocycles. The van der Waals surface area contributed by atoms with Crippen molar-refractivity contribution in [1.82, 2.24) is 4.98 Å². The first kappa shape index (κ1) is 19.3. The lowest BCUT2D eigenvalue weighted by atomic mass is 10.2. The number of hydrogen-bond acceptors (Lipinski definition) is 5. The van der Waals surface area contributed by atoms with Gasteiger partial charge in [-0.2, -0.15) is 0 Å². The summed E-state index contributed by atoms with van der Waals surface area (Å²) in [6, 6.07) is 7.18. The molecule has 0 fully saturated rings. The van der Waals surface area contributed by atoms with E-state index >= 15 is 0 Å². The van der Waals surface area contributed by atoms with E-state index in [4.69, 9.17) is 39.5 Å². The van der Waals surface area contributed by atoms with Crippen LogP contribution in [0.25, 0.3) is 0 Å². The number of carbonyl (C=O) groups excluding carboxylic acids is 2. The number of ether oxygens (including phenoxy) is 1. The zero-order valence-electron chi connectivity index (χ0n) is 13.3. The summed E-state index contributed by atoms with van der Waals surface area (Å²) < 4.78 is 4.89. The van der Waals surface area contributed by atoms with Crippen molar-refractivity contribution in [3.8, 4) is 0 Å². The molecule has 1 N–H and O–H groups in total. The molecule has 0 bridgehead atoms. The Hall–Kier alpha value is -2.02. The normalized spacial score (nSPS) is 10.3. The topological polar surface area (TPSA) is 71.5 Å². The number of aromatic nitrogens is 1. The van der Waals surface area contributed by atoms with E-state index in [2.05, 4.69) is 10.3 Å². The van der Waals surface area contributed by atoms with Crippen LogP contribution in [0.15, 0.2) is 30.5 Å². The predicted molar refractivity (Wildman–Crippen MR) is 98.9 cm³/mol. The summed E-state index contributed by atoms with van der Waals surface area (Å²) in [6.07, 6.45) is 1.18. The molecule has 0 spiro atoms. The molecule has 0 radical (unpaired) electrons. The lowest BCUT2D eigenvalue weighted by Gasteiger charge is -2.13. The smallest absolute Gasteiger partial charge is 0.359 e. The van der Waals surface area contributed by atoms with Crippen molar-refractivity contribution in [2.24, 2.45) is 0 Å². The van der Waals surface area contributed by atoms with Crippen LogP contribution in [-0.4, -0.2) is 37.6 Å². The maximum atomic E-state index is 11.9.